The molecule has 0 spiro atoms. The number of hydroxylamine groups is 1. The van der Waals surface area contributed by atoms with Gasteiger partial charge in [-0.25, -0.2) is 24.8 Å². The SMILES string of the molecule is O=C(CCCCCCN(c1cnccn1)c1ncncc1F)NO. The second-order valence-corrected chi connectivity index (χ2v) is 5.11. The van der Waals surface area contributed by atoms with E-state index in [0.29, 0.717) is 18.8 Å². The average molecular weight is 334 g/mol. The van der Waals surface area contributed by atoms with Crippen molar-refractivity contribution in [3.63, 3.8) is 0 Å². The first-order chi connectivity index (χ1) is 11.7. The number of carbonyl (C=O) groups excluding carboxylic acids is 1. The van der Waals surface area contributed by atoms with E-state index < -0.39 is 5.82 Å². The van der Waals surface area contributed by atoms with E-state index in [1.54, 1.807) is 22.8 Å². The van der Waals surface area contributed by atoms with Crippen LogP contribution in [-0.2, 0) is 4.79 Å². The zero-order chi connectivity index (χ0) is 17.2. The molecule has 0 fully saturated rings. The zero-order valence-electron chi connectivity index (χ0n) is 13.1. The van der Waals surface area contributed by atoms with Crippen molar-refractivity contribution in [3.8, 4) is 0 Å². The number of amides is 1. The predicted molar refractivity (Wildman–Crippen MR) is 84.0 cm³/mol. The van der Waals surface area contributed by atoms with Crippen molar-refractivity contribution >= 4 is 17.5 Å². The molecule has 24 heavy (non-hydrogen) atoms. The maximum Gasteiger partial charge on any atom is 0.243 e. The summed E-state index contributed by atoms with van der Waals surface area (Å²) in [4.78, 5) is 28.4. The quantitative estimate of drug-likeness (QED) is 0.410. The molecule has 9 heteroatoms. The highest BCUT2D eigenvalue weighted by Crippen LogP contribution is 2.23. The lowest BCUT2D eigenvalue weighted by atomic mass is 10.1. The van der Waals surface area contributed by atoms with Crippen molar-refractivity contribution in [2.75, 3.05) is 11.4 Å². The summed E-state index contributed by atoms with van der Waals surface area (Å²) in [6, 6.07) is 0. The van der Waals surface area contributed by atoms with Gasteiger partial charge in [0.2, 0.25) is 5.91 Å². The van der Waals surface area contributed by atoms with Crippen LogP contribution < -0.4 is 10.4 Å². The van der Waals surface area contributed by atoms with Crippen LogP contribution in [-0.4, -0.2) is 37.6 Å². The Morgan fingerprint density at radius 1 is 1.12 bits per heavy atom. The Morgan fingerprint density at radius 2 is 1.96 bits per heavy atom. The molecular formula is C15H19FN6O2. The number of rotatable bonds is 9. The average Bonchev–Trinajstić information content (AvgIpc) is 2.62. The summed E-state index contributed by atoms with van der Waals surface area (Å²) in [5.74, 6) is -0.248. The summed E-state index contributed by atoms with van der Waals surface area (Å²) in [5, 5.41) is 8.42. The standard InChI is InChI=1S/C15H19FN6O2/c16-12-9-18-11-20-15(12)22(13-10-17-6-7-19-13)8-4-2-1-3-5-14(23)21-24/h6-7,9-11,24H,1-5,8H2,(H,21,23). The third-order valence-electron chi connectivity index (χ3n) is 3.39. The lowest BCUT2D eigenvalue weighted by molar-refractivity contribution is -0.129. The molecule has 0 aliphatic carbocycles. The Hall–Kier alpha value is -2.68. The Kier molecular flexibility index (Phi) is 6.96. The summed E-state index contributed by atoms with van der Waals surface area (Å²) >= 11 is 0. The van der Waals surface area contributed by atoms with E-state index in [2.05, 4.69) is 19.9 Å². The van der Waals surface area contributed by atoms with Crippen LogP contribution in [0.5, 0.6) is 0 Å². The summed E-state index contributed by atoms with van der Waals surface area (Å²) in [5.41, 5.74) is 1.61. The molecule has 0 aliphatic rings. The monoisotopic (exact) mass is 334 g/mol. The molecule has 0 radical (unpaired) electrons. The minimum Gasteiger partial charge on any atom is -0.307 e. The van der Waals surface area contributed by atoms with Crippen LogP contribution in [0.25, 0.3) is 0 Å². The first kappa shape index (κ1) is 17.7. The topological polar surface area (TPSA) is 104 Å². The van der Waals surface area contributed by atoms with Gasteiger partial charge in [0.1, 0.15) is 6.33 Å². The number of hydrogen-bond donors (Lipinski definition) is 2. The number of hydrogen-bond acceptors (Lipinski definition) is 7. The molecule has 2 N–H and O–H groups in total. The lowest BCUT2D eigenvalue weighted by Crippen LogP contribution is -2.22. The fourth-order valence-corrected chi connectivity index (χ4v) is 2.23. The van der Waals surface area contributed by atoms with Gasteiger partial charge in [-0.15, -0.1) is 0 Å². The largest absolute Gasteiger partial charge is 0.307 e. The fraction of sp³-hybridized carbons (Fsp3) is 0.400. The predicted octanol–water partition coefficient (Wildman–Crippen LogP) is 2.00. The van der Waals surface area contributed by atoms with Crippen molar-refractivity contribution in [2.24, 2.45) is 0 Å². The van der Waals surface area contributed by atoms with E-state index in [4.69, 9.17) is 5.21 Å². The van der Waals surface area contributed by atoms with Crippen LogP contribution in [0.3, 0.4) is 0 Å². The number of nitrogens with one attached hydrogen (secondary N) is 1. The molecule has 2 aromatic heterocycles. The molecule has 1 amide bonds. The van der Waals surface area contributed by atoms with E-state index in [1.165, 1.54) is 12.5 Å². The minimum atomic E-state index is -0.525. The fourth-order valence-electron chi connectivity index (χ4n) is 2.23. The van der Waals surface area contributed by atoms with Gasteiger partial charge in [-0.2, -0.15) is 0 Å². The van der Waals surface area contributed by atoms with Crippen molar-refractivity contribution in [3.05, 3.63) is 36.9 Å². The van der Waals surface area contributed by atoms with Gasteiger partial charge in [0, 0.05) is 25.4 Å². The van der Waals surface area contributed by atoms with Gasteiger partial charge in [0.15, 0.2) is 17.5 Å². The Morgan fingerprint density at radius 3 is 2.67 bits per heavy atom. The number of anilines is 2. The lowest BCUT2D eigenvalue weighted by Gasteiger charge is -2.22. The van der Waals surface area contributed by atoms with Crippen LogP contribution in [0.1, 0.15) is 32.1 Å². The Labute approximate surface area is 138 Å². The molecule has 2 aromatic rings. The normalized spacial score (nSPS) is 10.4. The van der Waals surface area contributed by atoms with Crippen LogP contribution in [0.15, 0.2) is 31.1 Å². The van der Waals surface area contributed by atoms with Gasteiger partial charge in [-0.1, -0.05) is 12.8 Å². The van der Waals surface area contributed by atoms with Gasteiger partial charge in [0.05, 0.1) is 12.4 Å². The second-order valence-electron chi connectivity index (χ2n) is 5.11. The minimum absolute atomic E-state index is 0.158. The van der Waals surface area contributed by atoms with Crippen molar-refractivity contribution in [1.82, 2.24) is 25.4 Å². The first-order valence-electron chi connectivity index (χ1n) is 7.64. The molecule has 2 heterocycles. The molecular weight excluding hydrogens is 315 g/mol. The maximum absolute atomic E-state index is 14.0. The van der Waals surface area contributed by atoms with Gasteiger partial charge >= 0.3 is 0 Å². The molecule has 0 aromatic carbocycles. The number of carbonyl (C=O) groups is 1. The molecule has 0 aliphatic heterocycles. The third kappa shape index (κ3) is 5.20. The smallest absolute Gasteiger partial charge is 0.243 e. The highest BCUT2D eigenvalue weighted by Gasteiger charge is 2.16. The van der Waals surface area contributed by atoms with Crippen molar-refractivity contribution < 1.29 is 14.4 Å². The van der Waals surface area contributed by atoms with Gasteiger partial charge < -0.3 is 4.90 Å². The van der Waals surface area contributed by atoms with Crippen LogP contribution in [0, 0.1) is 5.82 Å². The number of nitrogens with zero attached hydrogens (tertiary/aromatic N) is 5. The third-order valence-corrected chi connectivity index (χ3v) is 3.39. The number of unbranched alkanes of at least 4 members (excludes halogenated alkanes) is 3. The van der Waals surface area contributed by atoms with E-state index in [9.17, 15) is 9.18 Å². The molecule has 128 valence electrons. The molecule has 0 bridgehead atoms. The van der Waals surface area contributed by atoms with Gasteiger partial charge in [-0.05, 0) is 12.8 Å². The van der Waals surface area contributed by atoms with Crippen LogP contribution in [0.2, 0.25) is 0 Å². The van der Waals surface area contributed by atoms with E-state index in [-0.39, 0.29) is 18.1 Å². The van der Waals surface area contributed by atoms with E-state index >= 15 is 0 Å². The first-order valence-corrected chi connectivity index (χ1v) is 7.64. The summed E-state index contributed by atoms with van der Waals surface area (Å²) in [7, 11) is 0. The zero-order valence-corrected chi connectivity index (χ0v) is 13.1. The Balaban J connectivity index is 1.93. The second kappa shape index (κ2) is 9.46. The summed E-state index contributed by atoms with van der Waals surface area (Å²) < 4.78 is 14.0. The molecule has 8 nitrogen and oxygen atoms in total. The molecule has 0 atom stereocenters. The van der Waals surface area contributed by atoms with Crippen molar-refractivity contribution in [1.29, 1.82) is 0 Å². The number of halogens is 1. The van der Waals surface area contributed by atoms with Crippen LogP contribution in [0.4, 0.5) is 16.0 Å². The molecule has 0 saturated carbocycles. The molecule has 2 rings (SSSR count). The molecule has 0 saturated heterocycles. The highest BCUT2D eigenvalue weighted by atomic mass is 19.1. The maximum atomic E-state index is 14.0. The Bertz CT molecular complexity index is 643. The summed E-state index contributed by atoms with van der Waals surface area (Å²) in [6.07, 6.45) is 10.4. The highest BCUT2D eigenvalue weighted by molar-refractivity contribution is 5.74. The van der Waals surface area contributed by atoms with Crippen LogP contribution >= 0.6 is 0 Å². The van der Waals surface area contributed by atoms with E-state index in [1.807, 2.05) is 0 Å². The summed E-state index contributed by atoms with van der Waals surface area (Å²) in [6.45, 7) is 0.513. The van der Waals surface area contributed by atoms with Crippen molar-refractivity contribution in [2.45, 2.75) is 32.1 Å². The van der Waals surface area contributed by atoms with Gasteiger partial charge in [0.25, 0.3) is 0 Å². The van der Waals surface area contributed by atoms with E-state index in [0.717, 1.165) is 25.5 Å². The van der Waals surface area contributed by atoms with Gasteiger partial charge in [-0.3, -0.25) is 15.0 Å². The number of aromatic nitrogens is 4. The molecule has 0 unspecified atom stereocenters.